The molecule has 2 fully saturated rings. The summed E-state index contributed by atoms with van der Waals surface area (Å²) in [6.45, 7) is 4.18. The van der Waals surface area contributed by atoms with Gasteiger partial charge in [-0.1, -0.05) is 12.1 Å². The van der Waals surface area contributed by atoms with Crippen LogP contribution in [0.2, 0.25) is 0 Å². The third-order valence-electron chi connectivity index (χ3n) is 5.32. The number of nitrogens with one attached hydrogen (secondary N) is 2. The van der Waals surface area contributed by atoms with Crippen molar-refractivity contribution >= 4 is 17.7 Å². The van der Waals surface area contributed by atoms with Gasteiger partial charge in [-0.15, -0.1) is 0 Å². The molecule has 2 heterocycles. The quantitative estimate of drug-likeness (QED) is 0.537. The SMILES string of the molecule is CN=C(NCC1CCCS1)NCC(c1ccc(C(F)(F)F)cc1)N1CCOCC1. The standard InChI is InChI=1S/C20H29F3N4OS/c1-24-19(25-13-17-3-2-12-29-17)26-14-18(27-8-10-28-11-9-27)15-4-6-16(7-5-15)20(21,22)23/h4-7,17-18H,2-3,8-14H2,1H3,(H2,24,25,26). The lowest BCUT2D eigenvalue weighted by molar-refractivity contribution is -0.137. The van der Waals surface area contributed by atoms with Gasteiger partial charge in [-0.3, -0.25) is 9.89 Å². The number of benzene rings is 1. The van der Waals surface area contributed by atoms with Crippen molar-refractivity contribution in [3.8, 4) is 0 Å². The Kier molecular flexibility index (Phi) is 8.08. The van der Waals surface area contributed by atoms with Crippen LogP contribution in [0.4, 0.5) is 13.2 Å². The van der Waals surface area contributed by atoms with E-state index in [0.717, 1.165) is 43.3 Å². The molecule has 0 spiro atoms. The predicted octanol–water partition coefficient (Wildman–Crippen LogP) is 3.14. The average Bonchev–Trinajstić information content (AvgIpc) is 3.24. The van der Waals surface area contributed by atoms with Crippen molar-refractivity contribution in [2.24, 2.45) is 4.99 Å². The number of rotatable bonds is 6. The molecule has 0 aliphatic carbocycles. The van der Waals surface area contributed by atoms with Gasteiger partial charge in [-0.25, -0.2) is 0 Å². The molecule has 2 atom stereocenters. The van der Waals surface area contributed by atoms with Crippen molar-refractivity contribution < 1.29 is 17.9 Å². The summed E-state index contributed by atoms with van der Waals surface area (Å²) in [4.78, 5) is 6.55. The summed E-state index contributed by atoms with van der Waals surface area (Å²) in [6, 6.07) is 5.42. The molecule has 2 saturated heterocycles. The lowest BCUT2D eigenvalue weighted by Gasteiger charge is -2.35. The van der Waals surface area contributed by atoms with Crippen molar-refractivity contribution in [2.75, 3.05) is 52.2 Å². The molecule has 1 aromatic rings. The van der Waals surface area contributed by atoms with Crippen LogP contribution in [0.3, 0.4) is 0 Å². The Bertz CT molecular complexity index is 657. The van der Waals surface area contributed by atoms with Gasteiger partial charge in [0.1, 0.15) is 0 Å². The largest absolute Gasteiger partial charge is 0.416 e. The van der Waals surface area contributed by atoms with Crippen LogP contribution in [-0.2, 0) is 10.9 Å². The molecule has 0 radical (unpaired) electrons. The van der Waals surface area contributed by atoms with Gasteiger partial charge in [-0.2, -0.15) is 24.9 Å². The van der Waals surface area contributed by atoms with E-state index in [4.69, 9.17) is 4.74 Å². The lowest BCUT2D eigenvalue weighted by atomic mass is 10.0. The van der Waals surface area contributed by atoms with Crippen LogP contribution in [-0.4, -0.2) is 68.3 Å². The van der Waals surface area contributed by atoms with Gasteiger partial charge in [-0.05, 0) is 36.3 Å². The van der Waals surface area contributed by atoms with Gasteiger partial charge >= 0.3 is 6.18 Å². The number of thioether (sulfide) groups is 1. The average molecular weight is 431 g/mol. The molecule has 2 aliphatic heterocycles. The molecule has 2 aliphatic rings. The molecule has 2 unspecified atom stereocenters. The van der Waals surface area contributed by atoms with Crippen LogP contribution in [0, 0.1) is 0 Å². The summed E-state index contributed by atoms with van der Waals surface area (Å²) in [6.07, 6.45) is -1.85. The number of hydrogen-bond acceptors (Lipinski definition) is 4. The molecule has 0 bridgehead atoms. The first kappa shape index (κ1) is 22.2. The van der Waals surface area contributed by atoms with Crippen LogP contribution in [0.25, 0.3) is 0 Å². The number of halogens is 3. The van der Waals surface area contributed by atoms with E-state index in [1.807, 2.05) is 11.8 Å². The summed E-state index contributed by atoms with van der Waals surface area (Å²) >= 11 is 1.98. The van der Waals surface area contributed by atoms with Gasteiger partial charge in [0.15, 0.2) is 5.96 Å². The van der Waals surface area contributed by atoms with E-state index >= 15 is 0 Å². The van der Waals surface area contributed by atoms with E-state index in [1.54, 1.807) is 19.2 Å². The van der Waals surface area contributed by atoms with Gasteiger partial charge in [0.05, 0.1) is 24.8 Å². The van der Waals surface area contributed by atoms with E-state index in [-0.39, 0.29) is 6.04 Å². The van der Waals surface area contributed by atoms with E-state index in [0.29, 0.717) is 25.0 Å². The molecule has 0 aromatic heterocycles. The highest BCUT2D eigenvalue weighted by Gasteiger charge is 2.31. The Morgan fingerprint density at radius 2 is 1.97 bits per heavy atom. The predicted molar refractivity (Wildman–Crippen MR) is 111 cm³/mol. The van der Waals surface area contributed by atoms with Crippen LogP contribution >= 0.6 is 11.8 Å². The highest BCUT2D eigenvalue weighted by atomic mass is 32.2. The summed E-state index contributed by atoms with van der Waals surface area (Å²) in [5.74, 6) is 1.94. The Hall–Kier alpha value is -1.45. The fourth-order valence-corrected chi connectivity index (χ4v) is 4.87. The summed E-state index contributed by atoms with van der Waals surface area (Å²) in [5.41, 5.74) is 0.232. The van der Waals surface area contributed by atoms with Crippen LogP contribution in [0.15, 0.2) is 29.3 Å². The maximum Gasteiger partial charge on any atom is 0.416 e. The van der Waals surface area contributed by atoms with Crippen molar-refractivity contribution in [2.45, 2.75) is 30.3 Å². The van der Waals surface area contributed by atoms with Crippen molar-refractivity contribution in [1.29, 1.82) is 0 Å². The van der Waals surface area contributed by atoms with Crippen molar-refractivity contribution in [3.05, 3.63) is 35.4 Å². The van der Waals surface area contributed by atoms with Crippen LogP contribution < -0.4 is 10.6 Å². The van der Waals surface area contributed by atoms with Gasteiger partial charge < -0.3 is 15.4 Å². The first-order chi connectivity index (χ1) is 14.0. The first-order valence-corrected chi connectivity index (χ1v) is 11.1. The molecule has 162 valence electrons. The topological polar surface area (TPSA) is 48.9 Å². The number of hydrogen-bond donors (Lipinski definition) is 2. The van der Waals surface area contributed by atoms with Crippen LogP contribution in [0.1, 0.15) is 30.0 Å². The molecular weight excluding hydrogens is 401 g/mol. The second-order valence-corrected chi connectivity index (χ2v) is 8.66. The van der Waals surface area contributed by atoms with Crippen molar-refractivity contribution in [3.63, 3.8) is 0 Å². The monoisotopic (exact) mass is 430 g/mol. The van der Waals surface area contributed by atoms with E-state index in [2.05, 4.69) is 20.5 Å². The number of aliphatic imine (C=N–C) groups is 1. The molecule has 0 amide bonds. The smallest absolute Gasteiger partial charge is 0.379 e. The van der Waals surface area contributed by atoms with Gasteiger partial charge in [0.2, 0.25) is 0 Å². The number of alkyl halides is 3. The fraction of sp³-hybridized carbons (Fsp3) is 0.650. The van der Waals surface area contributed by atoms with E-state index in [9.17, 15) is 13.2 Å². The maximum absolute atomic E-state index is 12.9. The zero-order chi connectivity index (χ0) is 20.7. The molecular formula is C20H29F3N4OS. The molecule has 3 rings (SSSR count). The normalized spacial score (nSPS) is 22.5. The second kappa shape index (κ2) is 10.5. The Balaban J connectivity index is 1.64. The number of morpholine rings is 1. The summed E-state index contributed by atoms with van der Waals surface area (Å²) in [5, 5.41) is 7.34. The minimum Gasteiger partial charge on any atom is -0.379 e. The minimum absolute atomic E-state index is 0.0550. The molecule has 29 heavy (non-hydrogen) atoms. The number of guanidine groups is 1. The molecule has 9 heteroatoms. The van der Waals surface area contributed by atoms with Crippen LogP contribution in [0.5, 0.6) is 0 Å². The molecule has 2 N–H and O–H groups in total. The second-order valence-electron chi connectivity index (χ2n) is 7.25. The lowest BCUT2D eigenvalue weighted by Crippen LogP contribution is -2.47. The summed E-state index contributed by atoms with van der Waals surface area (Å²) < 4.78 is 44.2. The first-order valence-electron chi connectivity index (χ1n) is 10.0. The Labute approximate surface area is 174 Å². The highest BCUT2D eigenvalue weighted by molar-refractivity contribution is 8.00. The zero-order valence-corrected chi connectivity index (χ0v) is 17.5. The van der Waals surface area contributed by atoms with Gasteiger partial charge in [0.25, 0.3) is 0 Å². The number of nitrogens with zero attached hydrogens (tertiary/aromatic N) is 2. The highest BCUT2D eigenvalue weighted by Crippen LogP contribution is 2.31. The minimum atomic E-state index is -4.32. The summed E-state index contributed by atoms with van der Waals surface area (Å²) in [7, 11) is 1.74. The third kappa shape index (κ3) is 6.52. The zero-order valence-electron chi connectivity index (χ0n) is 16.7. The van der Waals surface area contributed by atoms with Gasteiger partial charge in [0, 0.05) is 38.5 Å². The third-order valence-corrected chi connectivity index (χ3v) is 6.72. The number of ether oxygens (including phenoxy) is 1. The Morgan fingerprint density at radius 1 is 1.24 bits per heavy atom. The molecule has 1 aromatic carbocycles. The molecule has 5 nitrogen and oxygen atoms in total. The Morgan fingerprint density at radius 3 is 2.55 bits per heavy atom. The maximum atomic E-state index is 12.9. The van der Waals surface area contributed by atoms with Crippen molar-refractivity contribution in [1.82, 2.24) is 15.5 Å². The molecule has 0 saturated carbocycles. The van der Waals surface area contributed by atoms with E-state index < -0.39 is 11.7 Å². The fourth-order valence-electron chi connectivity index (χ4n) is 3.67. The van der Waals surface area contributed by atoms with E-state index in [1.165, 1.54) is 18.6 Å².